The highest BCUT2D eigenvalue weighted by Crippen LogP contribution is 2.36. The van der Waals surface area contributed by atoms with Gasteiger partial charge in [0, 0.05) is 16.0 Å². The number of nitrogens with one attached hydrogen (secondary N) is 1. The van der Waals surface area contributed by atoms with Crippen LogP contribution in [0.15, 0.2) is 59.4 Å². The van der Waals surface area contributed by atoms with E-state index in [1.54, 1.807) is 11.3 Å². The van der Waals surface area contributed by atoms with Gasteiger partial charge in [-0.15, -0.1) is 11.3 Å². The molecular weight excluding hydrogens is 316 g/mol. The number of thiophene rings is 1. The SMILES string of the molecule is Cc1ccc(-c2c(C)sc3nc(-c4ccccc4)[nH]c(=O)c23)cc1. The van der Waals surface area contributed by atoms with Crippen LogP contribution in [0.25, 0.3) is 32.7 Å². The average molecular weight is 332 g/mol. The minimum Gasteiger partial charge on any atom is -0.306 e. The molecule has 4 aromatic rings. The molecule has 0 amide bonds. The second-order valence-corrected chi connectivity index (χ2v) is 7.06. The van der Waals surface area contributed by atoms with Crippen molar-refractivity contribution in [1.82, 2.24) is 9.97 Å². The van der Waals surface area contributed by atoms with Gasteiger partial charge in [0.15, 0.2) is 0 Å². The quantitative estimate of drug-likeness (QED) is 0.565. The first-order valence-electron chi connectivity index (χ1n) is 7.79. The van der Waals surface area contributed by atoms with Gasteiger partial charge in [0.05, 0.1) is 5.39 Å². The second-order valence-electron chi connectivity index (χ2n) is 5.86. The first-order chi connectivity index (χ1) is 11.6. The number of hydrogen-bond acceptors (Lipinski definition) is 3. The van der Waals surface area contributed by atoms with Gasteiger partial charge in [0.2, 0.25) is 0 Å². The summed E-state index contributed by atoms with van der Waals surface area (Å²) in [4.78, 5) is 22.3. The van der Waals surface area contributed by atoms with E-state index in [9.17, 15) is 4.79 Å². The highest BCUT2D eigenvalue weighted by Gasteiger charge is 2.16. The van der Waals surface area contributed by atoms with Gasteiger partial charge < -0.3 is 4.98 Å². The van der Waals surface area contributed by atoms with Crippen LogP contribution in [0.2, 0.25) is 0 Å². The Morgan fingerprint density at radius 2 is 1.62 bits per heavy atom. The van der Waals surface area contributed by atoms with Crippen molar-refractivity contribution < 1.29 is 0 Å². The van der Waals surface area contributed by atoms with E-state index in [-0.39, 0.29) is 5.56 Å². The van der Waals surface area contributed by atoms with Crippen LogP contribution in [0.1, 0.15) is 10.4 Å². The molecule has 1 N–H and O–H groups in total. The molecule has 0 aliphatic rings. The van der Waals surface area contributed by atoms with Crippen LogP contribution < -0.4 is 5.56 Å². The Morgan fingerprint density at radius 3 is 2.33 bits per heavy atom. The van der Waals surface area contributed by atoms with E-state index in [1.165, 1.54) is 5.56 Å². The molecule has 24 heavy (non-hydrogen) atoms. The number of aromatic amines is 1. The third-order valence-corrected chi connectivity index (χ3v) is 5.12. The number of nitrogens with zero attached hydrogens (tertiary/aromatic N) is 1. The summed E-state index contributed by atoms with van der Waals surface area (Å²) in [6, 6.07) is 18.0. The highest BCUT2D eigenvalue weighted by molar-refractivity contribution is 7.19. The van der Waals surface area contributed by atoms with Gasteiger partial charge in [0.1, 0.15) is 10.7 Å². The minimum atomic E-state index is -0.0845. The van der Waals surface area contributed by atoms with Crippen molar-refractivity contribution in [2.24, 2.45) is 0 Å². The van der Waals surface area contributed by atoms with E-state index in [0.29, 0.717) is 11.2 Å². The van der Waals surface area contributed by atoms with Crippen LogP contribution in [0.4, 0.5) is 0 Å². The van der Waals surface area contributed by atoms with Crippen molar-refractivity contribution in [3.63, 3.8) is 0 Å². The van der Waals surface area contributed by atoms with Gasteiger partial charge in [-0.2, -0.15) is 0 Å². The molecule has 0 unspecified atom stereocenters. The Bertz CT molecular complexity index is 1080. The van der Waals surface area contributed by atoms with Crippen molar-refractivity contribution in [3.05, 3.63) is 75.4 Å². The van der Waals surface area contributed by atoms with Crippen molar-refractivity contribution in [2.75, 3.05) is 0 Å². The average Bonchev–Trinajstić information content (AvgIpc) is 2.93. The molecule has 0 aliphatic heterocycles. The zero-order valence-electron chi connectivity index (χ0n) is 13.5. The molecule has 0 bridgehead atoms. The summed E-state index contributed by atoms with van der Waals surface area (Å²) in [6.45, 7) is 4.10. The summed E-state index contributed by atoms with van der Waals surface area (Å²) in [5.41, 5.74) is 4.08. The van der Waals surface area contributed by atoms with Gasteiger partial charge in [0.25, 0.3) is 5.56 Å². The van der Waals surface area contributed by atoms with E-state index in [1.807, 2.05) is 37.3 Å². The molecule has 2 aromatic carbocycles. The highest BCUT2D eigenvalue weighted by atomic mass is 32.1. The van der Waals surface area contributed by atoms with Crippen molar-refractivity contribution in [3.8, 4) is 22.5 Å². The predicted octanol–water partition coefficient (Wildman–Crippen LogP) is 4.94. The van der Waals surface area contributed by atoms with Crippen molar-refractivity contribution in [2.45, 2.75) is 13.8 Å². The third kappa shape index (κ3) is 2.45. The largest absolute Gasteiger partial charge is 0.306 e. The third-order valence-electron chi connectivity index (χ3n) is 4.13. The lowest BCUT2D eigenvalue weighted by molar-refractivity contribution is 1.19. The molecule has 2 heterocycles. The maximum atomic E-state index is 12.8. The molecule has 0 saturated heterocycles. The lowest BCUT2D eigenvalue weighted by atomic mass is 10.0. The summed E-state index contributed by atoms with van der Waals surface area (Å²) in [5, 5.41) is 0.682. The molecule has 4 heteroatoms. The Morgan fingerprint density at radius 1 is 0.917 bits per heavy atom. The molecule has 0 spiro atoms. The molecule has 2 aromatic heterocycles. The molecule has 0 radical (unpaired) electrons. The van der Waals surface area contributed by atoms with Gasteiger partial charge in [-0.1, -0.05) is 60.2 Å². The first kappa shape index (κ1) is 14.8. The number of benzene rings is 2. The van der Waals surface area contributed by atoms with Crippen LogP contribution >= 0.6 is 11.3 Å². The minimum absolute atomic E-state index is 0.0845. The van der Waals surface area contributed by atoms with Crippen LogP contribution in [0.5, 0.6) is 0 Å². The zero-order chi connectivity index (χ0) is 16.7. The Balaban J connectivity index is 1.97. The number of aromatic nitrogens is 2. The van der Waals surface area contributed by atoms with Crippen molar-refractivity contribution in [1.29, 1.82) is 0 Å². The molecule has 0 aliphatic carbocycles. The number of H-pyrrole nitrogens is 1. The van der Waals surface area contributed by atoms with Gasteiger partial charge in [-0.25, -0.2) is 4.98 Å². The summed E-state index contributed by atoms with van der Waals surface area (Å²) >= 11 is 1.57. The van der Waals surface area contributed by atoms with E-state index >= 15 is 0 Å². The Hall–Kier alpha value is -2.72. The Kier molecular flexibility index (Phi) is 3.54. The van der Waals surface area contributed by atoms with Gasteiger partial charge in [-0.3, -0.25) is 4.79 Å². The summed E-state index contributed by atoms with van der Waals surface area (Å²) < 4.78 is 0. The number of rotatable bonds is 2. The lowest BCUT2D eigenvalue weighted by Gasteiger charge is -2.04. The van der Waals surface area contributed by atoms with E-state index < -0.39 is 0 Å². The monoisotopic (exact) mass is 332 g/mol. The number of hydrogen-bond donors (Lipinski definition) is 1. The smallest absolute Gasteiger partial charge is 0.260 e. The van der Waals surface area contributed by atoms with Crippen LogP contribution in [0.3, 0.4) is 0 Å². The van der Waals surface area contributed by atoms with E-state index in [4.69, 9.17) is 4.98 Å². The van der Waals surface area contributed by atoms with E-state index in [0.717, 1.165) is 26.4 Å². The lowest BCUT2D eigenvalue weighted by Crippen LogP contribution is -2.09. The van der Waals surface area contributed by atoms with Gasteiger partial charge in [-0.05, 0) is 19.4 Å². The second kappa shape index (κ2) is 5.73. The normalized spacial score (nSPS) is 11.1. The van der Waals surface area contributed by atoms with Crippen molar-refractivity contribution >= 4 is 21.6 Å². The molecule has 0 fully saturated rings. The molecule has 118 valence electrons. The standard InChI is InChI=1S/C20H16N2OS/c1-12-8-10-14(11-9-12)16-13(2)24-20-17(16)19(23)21-18(22-20)15-6-4-3-5-7-15/h3-11H,1-2H3,(H,21,22,23). The molecular formula is C20H16N2OS. The fourth-order valence-corrected chi connectivity index (χ4v) is 3.97. The van der Waals surface area contributed by atoms with Crippen LogP contribution in [-0.2, 0) is 0 Å². The topological polar surface area (TPSA) is 45.8 Å². The predicted molar refractivity (Wildman–Crippen MR) is 101 cm³/mol. The first-order valence-corrected chi connectivity index (χ1v) is 8.61. The number of aryl methyl sites for hydroxylation is 2. The molecule has 0 saturated carbocycles. The molecule has 3 nitrogen and oxygen atoms in total. The maximum Gasteiger partial charge on any atom is 0.260 e. The Labute approximate surface area is 143 Å². The fraction of sp³-hybridized carbons (Fsp3) is 0.100. The molecule has 4 rings (SSSR count). The fourth-order valence-electron chi connectivity index (χ4n) is 2.92. The van der Waals surface area contributed by atoms with Gasteiger partial charge >= 0.3 is 0 Å². The van der Waals surface area contributed by atoms with Crippen LogP contribution in [0, 0.1) is 13.8 Å². The zero-order valence-corrected chi connectivity index (χ0v) is 14.3. The van der Waals surface area contributed by atoms with Crippen LogP contribution in [-0.4, -0.2) is 9.97 Å². The summed E-state index contributed by atoms with van der Waals surface area (Å²) in [7, 11) is 0. The summed E-state index contributed by atoms with van der Waals surface area (Å²) in [5.74, 6) is 0.616. The van der Waals surface area contributed by atoms with E-state index in [2.05, 4.69) is 36.2 Å². The molecule has 0 atom stereocenters. The number of fused-ring (bicyclic) bond motifs is 1. The maximum absolute atomic E-state index is 12.8. The summed E-state index contributed by atoms with van der Waals surface area (Å²) in [6.07, 6.45) is 0.